The van der Waals surface area contributed by atoms with Crippen LogP contribution in [0.3, 0.4) is 0 Å². The van der Waals surface area contributed by atoms with E-state index in [2.05, 4.69) is 48.3 Å². The molecule has 0 spiro atoms. The van der Waals surface area contributed by atoms with Crippen LogP contribution in [0.25, 0.3) is 0 Å². The van der Waals surface area contributed by atoms with Crippen molar-refractivity contribution in [1.29, 1.82) is 0 Å². The molecule has 0 amide bonds. The molecule has 0 radical (unpaired) electrons. The molecule has 0 aliphatic heterocycles. The van der Waals surface area contributed by atoms with Crippen LogP contribution in [0.5, 0.6) is 0 Å². The van der Waals surface area contributed by atoms with Crippen molar-refractivity contribution in [3.8, 4) is 0 Å². The van der Waals surface area contributed by atoms with Gasteiger partial charge >= 0.3 is 0 Å². The molecule has 16 heavy (non-hydrogen) atoms. The van der Waals surface area contributed by atoms with Gasteiger partial charge in [-0.3, -0.25) is 0 Å². The van der Waals surface area contributed by atoms with E-state index < -0.39 is 0 Å². The summed E-state index contributed by atoms with van der Waals surface area (Å²) < 4.78 is 0. The van der Waals surface area contributed by atoms with Gasteiger partial charge in [-0.25, -0.2) is 9.97 Å². The summed E-state index contributed by atoms with van der Waals surface area (Å²) in [5, 5.41) is 6.38. The first-order valence-corrected chi connectivity index (χ1v) is 5.83. The van der Waals surface area contributed by atoms with E-state index in [0.29, 0.717) is 11.8 Å². The molecule has 1 aromatic rings. The summed E-state index contributed by atoms with van der Waals surface area (Å²) in [5.41, 5.74) is 0. The Labute approximate surface area is 97.9 Å². The summed E-state index contributed by atoms with van der Waals surface area (Å²) in [6.45, 7) is 9.48. The number of nitrogens with zero attached hydrogens (tertiary/aromatic N) is 2. The van der Waals surface area contributed by atoms with Gasteiger partial charge in [-0.15, -0.1) is 0 Å². The summed E-state index contributed by atoms with van der Waals surface area (Å²) in [6, 6.07) is 1.94. The lowest BCUT2D eigenvalue weighted by atomic mass is 10.2. The number of aromatic nitrogens is 2. The lowest BCUT2D eigenvalue weighted by Crippen LogP contribution is -2.11. The van der Waals surface area contributed by atoms with Gasteiger partial charge in [0.15, 0.2) is 0 Å². The van der Waals surface area contributed by atoms with Crippen LogP contribution >= 0.6 is 0 Å². The minimum atomic E-state index is 0.341. The third kappa shape index (κ3) is 3.68. The van der Waals surface area contributed by atoms with E-state index in [1.165, 1.54) is 0 Å². The molecule has 2 N–H and O–H groups in total. The van der Waals surface area contributed by atoms with Gasteiger partial charge in [0.2, 0.25) is 0 Å². The Balaban J connectivity index is 2.86. The molecule has 1 heterocycles. The van der Waals surface area contributed by atoms with Crippen LogP contribution in [-0.2, 0) is 0 Å². The molecule has 1 rings (SSSR count). The van der Waals surface area contributed by atoms with Crippen molar-refractivity contribution < 1.29 is 0 Å². The van der Waals surface area contributed by atoms with Crippen LogP contribution in [-0.4, -0.2) is 23.6 Å². The number of nitrogens with one attached hydrogen (secondary N) is 2. The first-order valence-electron chi connectivity index (χ1n) is 5.83. The minimum absolute atomic E-state index is 0.341. The van der Waals surface area contributed by atoms with Crippen LogP contribution in [0.1, 0.15) is 39.4 Å². The van der Waals surface area contributed by atoms with Gasteiger partial charge in [0.05, 0.1) is 0 Å². The van der Waals surface area contributed by atoms with Crippen molar-refractivity contribution in [3.05, 3.63) is 11.9 Å². The van der Waals surface area contributed by atoms with E-state index in [-0.39, 0.29) is 0 Å². The van der Waals surface area contributed by atoms with Gasteiger partial charge in [0, 0.05) is 25.6 Å². The number of rotatable bonds is 5. The third-order valence-corrected chi connectivity index (χ3v) is 2.21. The summed E-state index contributed by atoms with van der Waals surface area (Å²) in [5.74, 6) is 3.59. The topological polar surface area (TPSA) is 49.8 Å². The molecule has 4 nitrogen and oxygen atoms in total. The highest BCUT2D eigenvalue weighted by Gasteiger charge is 2.07. The third-order valence-electron chi connectivity index (χ3n) is 2.21. The molecule has 0 fully saturated rings. The summed E-state index contributed by atoms with van der Waals surface area (Å²) in [4.78, 5) is 8.91. The largest absolute Gasteiger partial charge is 0.373 e. The normalized spacial score (nSPS) is 10.9. The van der Waals surface area contributed by atoms with Gasteiger partial charge in [0.1, 0.15) is 17.5 Å². The molecule has 0 saturated heterocycles. The van der Waals surface area contributed by atoms with E-state index in [1.807, 2.05) is 13.1 Å². The average molecular weight is 222 g/mol. The molecule has 0 aromatic carbocycles. The van der Waals surface area contributed by atoms with Crippen molar-refractivity contribution in [2.45, 2.75) is 33.6 Å². The van der Waals surface area contributed by atoms with Crippen molar-refractivity contribution in [1.82, 2.24) is 9.97 Å². The highest BCUT2D eigenvalue weighted by molar-refractivity contribution is 5.47. The average Bonchev–Trinajstić information content (AvgIpc) is 2.25. The van der Waals surface area contributed by atoms with Gasteiger partial charge < -0.3 is 10.6 Å². The number of hydrogen-bond acceptors (Lipinski definition) is 4. The van der Waals surface area contributed by atoms with Gasteiger partial charge in [-0.2, -0.15) is 0 Å². The number of anilines is 2. The Hall–Kier alpha value is -1.32. The van der Waals surface area contributed by atoms with Gasteiger partial charge in [0.25, 0.3) is 0 Å². The second-order valence-corrected chi connectivity index (χ2v) is 4.68. The van der Waals surface area contributed by atoms with Crippen LogP contribution < -0.4 is 10.6 Å². The minimum Gasteiger partial charge on any atom is -0.373 e. The SMILES string of the molecule is CNc1cc(NCC(C)C)nc(C(C)C)n1. The lowest BCUT2D eigenvalue weighted by molar-refractivity contribution is 0.684. The van der Waals surface area contributed by atoms with Crippen molar-refractivity contribution in [2.75, 3.05) is 24.2 Å². The molecule has 0 atom stereocenters. The fourth-order valence-electron chi connectivity index (χ4n) is 1.25. The Morgan fingerprint density at radius 3 is 2.25 bits per heavy atom. The Morgan fingerprint density at radius 1 is 1.12 bits per heavy atom. The highest BCUT2D eigenvalue weighted by Crippen LogP contribution is 2.16. The maximum Gasteiger partial charge on any atom is 0.135 e. The lowest BCUT2D eigenvalue weighted by Gasteiger charge is -2.12. The molecule has 0 saturated carbocycles. The monoisotopic (exact) mass is 222 g/mol. The quantitative estimate of drug-likeness (QED) is 0.804. The maximum absolute atomic E-state index is 4.49. The molecule has 90 valence electrons. The summed E-state index contributed by atoms with van der Waals surface area (Å²) >= 11 is 0. The predicted octanol–water partition coefficient (Wildman–Crippen LogP) is 2.71. The summed E-state index contributed by atoms with van der Waals surface area (Å²) in [7, 11) is 1.87. The van der Waals surface area contributed by atoms with Gasteiger partial charge in [-0.05, 0) is 5.92 Å². The fraction of sp³-hybridized carbons (Fsp3) is 0.667. The highest BCUT2D eigenvalue weighted by atomic mass is 15.1. The molecular weight excluding hydrogens is 200 g/mol. The van der Waals surface area contributed by atoms with Crippen molar-refractivity contribution in [2.24, 2.45) is 5.92 Å². The van der Waals surface area contributed by atoms with Crippen LogP contribution in [0.2, 0.25) is 0 Å². The van der Waals surface area contributed by atoms with Crippen molar-refractivity contribution in [3.63, 3.8) is 0 Å². The molecule has 1 aromatic heterocycles. The molecule has 4 heteroatoms. The maximum atomic E-state index is 4.49. The predicted molar refractivity (Wildman–Crippen MR) is 69.0 cm³/mol. The molecule has 0 unspecified atom stereocenters. The summed E-state index contributed by atoms with van der Waals surface area (Å²) in [6.07, 6.45) is 0. The van der Waals surface area contributed by atoms with E-state index >= 15 is 0 Å². The van der Waals surface area contributed by atoms with Crippen LogP contribution in [0.4, 0.5) is 11.6 Å². The molecule has 0 aliphatic rings. The van der Waals surface area contributed by atoms with E-state index in [0.717, 1.165) is 24.0 Å². The Morgan fingerprint density at radius 2 is 1.75 bits per heavy atom. The van der Waals surface area contributed by atoms with Crippen LogP contribution in [0.15, 0.2) is 6.07 Å². The smallest absolute Gasteiger partial charge is 0.135 e. The fourth-order valence-corrected chi connectivity index (χ4v) is 1.25. The molecule has 0 aliphatic carbocycles. The van der Waals surface area contributed by atoms with Crippen molar-refractivity contribution >= 4 is 11.6 Å². The first-order chi connectivity index (χ1) is 7.52. The number of hydrogen-bond donors (Lipinski definition) is 2. The standard InChI is InChI=1S/C12H22N4/c1-8(2)7-14-11-6-10(13-5)15-12(16-11)9(3)4/h6,8-9H,7H2,1-5H3,(H2,13,14,15,16). The zero-order valence-electron chi connectivity index (χ0n) is 10.8. The van der Waals surface area contributed by atoms with Crippen LogP contribution in [0, 0.1) is 5.92 Å². The Kier molecular flexibility index (Phi) is 4.52. The zero-order chi connectivity index (χ0) is 12.1. The van der Waals surface area contributed by atoms with Gasteiger partial charge in [-0.1, -0.05) is 27.7 Å². The first kappa shape index (κ1) is 12.7. The van der Waals surface area contributed by atoms with E-state index in [4.69, 9.17) is 0 Å². The van der Waals surface area contributed by atoms with E-state index in [9.17, 15) is 0 Å². The second-order valence-electron chi connectivity index (χ2n) is 4.68. The molecular formula is C12H22N4. The van der Waals surface area contributed by atoms with E-state index in [1.54, 1.807) is 0 Å². The molecule has 0 bridgehead atoms. The zero-order valence-corrected chi connectivity index (χ0v) is 10.8. The second kappa shape index (κ2) is 5.68. The Bertz CT molecular complexity index is 334.